The van der Waals surface area contributed by atoms with Gasteiger partial charge in [0.15, 0.2) is 0 Å². The van der Waals surface area contributed by atoms with Crippen LogP contribution in [0.2, 0.25) is 0 Å². The maximum atomic E-state index is 2.29. The molecule has 0 heteroatoms. The van der Waals surface area contributed by atoms with Crippen molar-refractivity contribution in [3.8, 4) is 11.1 Å². The Morgan fingerprint density at radius 1 is 0.433 bits per heavy atom. The van der Waals surface area contributed by atoms with Crippen molar-refractivity contribution < 1.29 is 0 Å². The summed E-state index contributed by atoms with van der Waals surface area (Å²) in [7, 11) is 0. The zero-order chi connectivity index (χ0) is 20.8. The summed E-state index contributed by atoms with van der Waals surface area (Å²) in [6.07, 6.45) is 8.81. The van der Waals surface area contributed by atoms with Crippen molar-refractivity contribution in [1.29, 1.82) is 0 Å². The van der Waals surface area contributed by atoms with Crippen LogP contribution in [-0.4, -0.2) is 0 Å². The summed E-state index contributed by atoms with van der Waals surface area (Å²) in [6, 6.07) is 34.3. The molecule has 0 saturated heterocycles. The highest BCUT2D eigenvalue weighted by Gasteiger charge is 2.08. The third-order valence-corrected chi connectivity index (χ3v) is 5.22. The molecule has 0 aliphatic rings. The maximum Gasteiger partial charge on any atom is -0.0103 e. The number of hydrogen-bond donors (Lipinski definition) is 0. The van der Waals surface area contributed by atoms with E-state index in [0.29, 0.717) is 0 Å². The molecule has 0 aromatic heterocycles. The van der Waals surface area contributed by atoms with Crippen LogP contribution >= 0.6 is 0 Å². The Labute approximate surface area is 179 Å². The summed E-state index contributed by atoms with van der Waals surface area (Å²) < 4.78 is 0. The Balaban J connectivity index is 1.78. The van der Waals surface area contributed by atoms with Gasteiger partial charge in [-0.1, -0.05) is 132 Å². The molecule has 0 aliphatic heterocycles. The fourth-order valence-electron chi connectivity index (χ4n) is 3.60. The minimum atomic E-state index is 1.21. The van der Waals surface area contributed by atoms with Crippen LogP contribution in [0.15, 0.2) is 97.1 Å². The van der Waals surface area contributed by atoms with E-state index in [2.05, 4.69) is 123 Å². The van der Waals surface area contributed by atoms with E-state index in [1.807, 2.05) is 12.1 Å². The van der Waals surface area contributed by atoms with Crippen LogP contribution in [0.4, 0.5) is 0 Å². The van der Waals surface area contributed by atoms with E-state index in [1.165, 1.54) is 44.5 Å². The molecule has 4 aromatic carbocycles. The molecule has 0 heterocycles. The first kappa shape index (κ1) is 19.7. The SMILES string of the molecule is Cc1ccc(C=Cc2ccccc2)c(-c2cc(C)ccc2C=Cc2ccccc2)c1. The topological polar surface area (TPSA) is 0 Å². The summed E-state index contributed by atoms with van der Waals surface area (Å²) in [4.78, 5) is 0. The first-order valence-corrected chi connectivity index (χ1v) is 10.4. The van der Waals surface area contributed by atoms with E-state index in [1.54, 1.807) is 0 Å². The van der Waals surface area contributed by atoms with Crippen LogP contribution in [0.25, 0.3) is 35.4 Å². The van der Waals surface area contributed by atoms with Gasteiger partial charge in [0.2, 0.25) is 0 Å². The molecular weight excluding hydrogens is 360 g/mol. The first-order chi connectivity index (χ1) is 14.7. The second-order valence-corrected chi connectivity index (χ2v) is 7.67. The largest absolute Gasteiger partial charge is 0.0622 e. The molecule has 146 valence electrons. The van der Waals surface area contributed by atoms with E-state index in [4.69, 9.17) is 0 Å². The minimum Gasteiger partial charge on any atom is -0.0622 e. The lowest BCUT2D eigenvalue weighted by Crippen LogP contribution is -1.90. The van der Waals surface area contributed by atoms with Crippen molar-refractivity contribution in [1.82, 2.24) is 0 Å². The van der Waals surface area contributed by atoms with Crippen molar-refractivity contribution in [2.24, 2.45) is 0 Å². The summed E-state index contributed by atoms with van der Waals surface area (Å²) in [5.41, 5.74) is 9.92. The van der Waals surface area contributed by atoms with Crippen molar-refractivity contribution >= 4 is 24.3 Å². The summed E-state index contributed by atoms with van der Waals surface area (Å²) in [5, 5.41) is 0. The fraction of sp³-hybridized carbons (Fsp3) is 0.0667. The van der Waals surface area contributed by atoms with Gasteiger partial charge in [0, 0.05) is 0 Å². The van der Waals surface area contributed by atoms with Gasteiger partial charge in [-0.05, 0) is 47.2 Å². The Bertz CT molecular complexity index is 1080. The second-order valence-electron chi connectivity index (χ2n) is 7.67. The number of hydrogen-bond acceptors (Lipinski definition) is 0. The van der Waals surface area contributed by atoms with Crippen LogP contribution in [0.5, 0.6) is 0 Å². The van der Waals surface area contributed by atoms with Gasteiger partial charge < -0.3 is 0 Å². The monoisotopic (exact) mass is 386 g/mol. The average molecular weight is 387 g/mol. The van der Waals surface area contributed by atoms with Crippen molar-refractivity contribution in [3.63, 3.8) is 0 Å². The van der Waals surface area contributed by atoms with Crippen LogP contribution in [0.3, 0.4) is 0 Å². The molecule has 0 unspecified atom stereocenters. The van der Waals surface area contributed by atoms with E-state index in [9.17, 15) is 0 Å². The highest BCUT2D eigenvalue weighted by molar-refractivity contribution is 5.87. The van der Waals surface area contributed by atoms with Gasteiger partial charge in [0.1, 0.15) is 0 Å². The van der Waals surface area contributed by atoms with Gasteiger partial charge in [-0.3, -0.25) is 0 Å². The lowest BCUT2D eigenvalue weighted by Gasteiger charge is -2.13. The molecule has 0 fully saturated rings. The number of benzene rings is 4. The van der Waals surface area contributed by atoms with Crippen molar-refractivity contribution in [2.75, 3.05) is 0 Å². The molecular formula is C30H26. The predicted octanol–water partition coefficient (Wildman–Crippen LogP) is 8.31. The second kappa shape index (κ2) is 9.24. The molecule has 0 N–H and O–H groups in total. The van der Waals surface area contributed by atoms with E-state index in [0.717, 1.165) is 0 Å². The molecule has 0 nitrogen and oxygen atoms in total. The molecule has 4 rings (SSSR count). The van der Waals surface area contributed by atoms with E-state index >= 15 is 0 Å². The van der Waals surface area contributed by atoms with Gasteiger partial charge in [0.25, 0.3) is 0 Å². The number of rotatable bonds is 5. The molecule has 0 spiro atoms. The normalized spacial score (nSPS) is 11.4. The van der Waals surface area contributed by atoms with Crippen molar-refractivity contribution in [3.05, 3.63) is 130 Å². The van der Waals surface area contributed by atoms with Crippen LogP contribution in [-0.2, 0) is 0 Å². The molecule has 4 aromatic rings. The van der Waals surface area contributed by atoms with E-state index in [-0.39, 0.29) is 0 Å². The third-order valence-electron chi connectivity index (χ3n) is 5.22. The zero-order valence-electron chi connectivity index (χ0n) is 17.5. The summed E-state index contributed by atoms with van der Waals surface area (Å²) >= 11 is 0. The molecule has 0 atom stereocenters. The molecule has 0 radical (unpaired) electrons. The molecule has 0 saturated carbocycles. The average Bonchev–Trinajstić information content (AvgIpc) is 2.79. The number of aryl methyl sites for hydroxylation is 2. The fourth-order valence-corrected chi connectivity index (χ4v) is 3.60. The van der Waals surface area contributed by atoms with Gasteiger partial charge in [-0.15, -0.1) is 0 Å². The summed E-state index contributed by atoms with van der Waals surface area (Å²) in [5.74, 6) is 0. The smallest absolute Gasteiger partial charge is 0.0103 e. The Morgan fingerprint density at radius 3 is 1.23 bits per heavy atom. The highest BCUT2D eigenvalue weighted by Crippen LogP contribution is 2.31. The molecule has 0 amide bonds. The highest BCUT2D eigenvalue weighted by atomic mass is 14.1. The van der Waals surface area contributed by atoms with Gasteiger partial charge in [-0.25, -0.2) is 0 Å². The Kier molecular flexibility index (Phi) is 6.06. The first-order valence-electron chi connectivity index (χ1n) is 10.4. The summed E-state index contributed by atoms with van der Waals surface area (Å²) in [6.45, 7) is 4.31. The van der Waals surface area contributed by atoms with Gasteiger partial charge in [-0.2, -0.15) is 0 Å². The van der Waals surface area contributed by atoms with Gasteiger partial charge in [0.05, 0.1) is 0 Å². The standard InChI is InChI=1S/C30H26/c1-23-13-17-27(19-15-25-9-5-3-6-10-25)29(21-23)30-22-24(2)14-18-28(30)20-16-26-11-7-4-8-12-26/h3-22H,1-2H3. The van der Waals surface area contributed by atoms with Crippen molar-refractivity contribution in [2.45, 2.75) is 13.8 Å². The Hall–Kier alpha value is -3.64. The zero-order valence-corrected chi connectivity index (χ0v) is 17.5. The minimum absolute atomic E-state index is 1.21. The molecule has 30 heavy (non-hydrogen) atoms. The molecule has 0 aliphatic carbocycles. The quantitative estimate of drug-likeness (QED) is 0.302. The Morgan fingerprint density at radius 2 is 0.833 bits per heavy atom. The van der Waals surface area contributed by atoms with Crippen LogP contribution in [0.1, 0.15) is 33.4 Å². The predicted molar refractivity (Wildman–Crippen MR) is 132 cm³/mol. The molecule has 0 bridgehead atoms. The van der Waals surface area contributed by atoms with Crippen LogP contribution < -0.4 is 0 Å². The van der Waals surface area contributed by atoms with E-state index < -0.39 is 0 Å². The third kappa shape index (κ3) is 4.85. The van der Waals surface area contributed by atoms with Gasteiger partial charge >= 0.3 is 0 Å². The lowest BCUT2D eigenvalue weighted by molar-refractivity contribution is 1.42. The van der Waals surface area contributed by atoms with Crippen LogP contribution in [0, 0.1) is 13.8 Å². The lowest BCUT2D eigenvalue weighted by atomic mass is 9.91. The maximum absolute atomic E-state index is 2.29.